The molecule has 1 aromatic carbocycles. The molecule has 0 spiro atoms. The quantitative estimate of drug-likeness (QED) is 0.714. The average Bonchev–Trinajstić information content (AvgIpc) is 2.03. The molecular formula is C9H8BrO2-. The van der Waals surface area contributed by atoms with Crippen molar-refractivity contribution in [1.29, 1.82) is 0 Å². The van der Waals surface area contributed by atoms with Crippen molar-refractivity contribution in [2.45, 2.75) is 12.3 Å². The van der Waals surface area contributed by atoms with Crippen LogP contribution in [0.4, 0.5) is 0 Å². The molecule has 0 aliphatic heterocycles. The van der Waals surface area contributed by atoms with Gasteiger partial charge in [0.25, 0.3) is 0 Å². The van der Waals surface area contributed by atoms with E-state index in [-0.39, 0.29) is 0 Å². The maximum absolute atomic E-state index is 10.7. The zero-order valence-corrected chi connectivity index (χ0v) is 8.22. The predicted octanol–water partition coefficient (Wildman–Crippen LogP) is 1.25. The first-order valence-corrected chi connectivity index (χ1v) is 4.64. The van der Waals surface area contributed by atoms with Crippen molar-refractivity contribution in [2.75, 3.05) is 0 Å². The van der Waals surface area contributed by atoms with Crippen molar-refractivity contribution in [2.24, 2.45) is 0 Å². The fourth-order valence-electron chi connectivity index (χ4n) is 1.13. The monoisotopic (exact) mass is 227 g/mol. The van der Waals surface area contributed by atoms with Crippen LogP contribution in [0.25, 0.3) is 0 Å². The Kier molecular flexibility index (Phi) is 2.87. The maximum atomic E-state index is 10.7. The summed E-state index contributed by atoms with van der Waals surface area (Å²) in [4.78, 5) is 10.7. The molecule has 12 heavy (non-hydrogen) atoms. The Morgan fingerprint density at radius 1 is 1.58 bits per heavy atom. The normalized spacial score (nSPS) is 9.83. The molecule has 3 heteroatoms. The fourth-order valence-corrected chi connectivity index (χ4v) is 1.60. The van der Waals surface area contributed by atoms with Crippen molar-refractivity contribution in [3.8, 4) is 0 Å². The summed E-state index contributed by atoms with van der Waals surface area (Å²) < 4.78 is 0. The largest absolute Gasteiger partial charge is 0.545 e. The molecular weight excluding hydrogens is 220 g/mol. The van der Waals surface area contributed by atoms with Gasteiger partial charge in [-0.05, 0) is 18.1 Å². The number of benzene rings is 1. The lowest BCUT2D eigenvalue weighted by molar-refractivity contribution is -0.255. The molecule has 64 valence electrons. The molecule has 0 N–H and O–H groups in total. The first kappa shape index (κ1) is 9.26. The summed E-state index contributed by atoms with van der Waals surface area (Å²) in [6, 6.07) is 5.36. The van der Waals surface area contributed by atoms with Gasteiger partial charge < -0.3 is 9.90 Å². The number of hydrogen-bond acceptors (Lipinski definition) is 2. The topological polar surface area (TPSA) is 40.1 Å². The molecule has 0 atom stereocenters. The standard InChI is InChI=1S/C9H9BrO2/c1-6-3-2-4-7(5-10)8(6)9(11)12/h2-4H,5H2,1H3,(H,11,12)/p-1. The number of carboxylic acids is 1. The fraction of sp³-hybridized carbons (Fsp3) is 0.222. The van der Waals surface area contributed by atoms with E-state index in [0.29, 0.717) is 10.9 Å². The third-order valence-corrected chi connectivity index (χ3v) is 2.31. The van der Waals surface area contributed by atoms with Gasteiger partial charge in [0.05, 0.1) is 5.97 Å². The minimum absolute atomic E-state index is 0.300. The number of aryl methyl sites for hydroxylation is 1. The van der Waals surface area contributed by atoms with E-state index in [4.69, 9.17) is 0 Å². The van der Waals surface area contributed by atoms with Crippen molar-refractivity contribution in [1.82, 2.24) is 0 Å². The Labute approximate surface area is 79.3 Å². The Morgan fingerprint density at radius 2 is 2.25 bits per heavy atom. The number of carbonyl (C=O) groups is 1. The van der Waals surface area contributed by atoms with Gasteiger partial charge in [0, 0.05) is 10.9 Å². The van der Waals surface area contributed by atoms with Crippen molar-refractivity contribution < 1.29 is 9.90 Å². The Hall–Kier alpha value is -0.830. The van der Waals surface area contributed by atoms with Crippen LogP contribution in [0.5, 0.6) is 0 Å². The van der Waals surface area contributed by atoms with E-state index in [0.717, 1.165) is 11.1 Å². The van der Waals surface area contributed by atoms with Crippen molar-refractivity contribution >= 4 is 21.9 Å². The number of halogens is 1. The molecule has 2 nitrogen and oxygen atoms in total. The molecule has 0 aliphatic carbocycles. The van der Waals surface area contributed by atoms with Gasteiger partial charge in [-0.25, -0.2) is 0 Å². The van der Waals surface area contributed by atoms with E-state index < -0.39 is 5.97 Å². The van der Waals surface area contributed by atoms with E-state index in [1.54, 1.807) is 19.1 Å². The highest BCUT2D eigenvalue weighted by Crippen LogP contribution is 2.15. The summed E-state index contributed by atoms with van der Waals surface area (Å²) in [6.45, 7) is 1.76. The Balaban J connectivity index is 3.29. The van der Waals surface area contributed by atoms with Crippen LogP contribution in [0.1, 0.15) is 21.5 Å². The van der Waals surface area contributed by atoms with E-state index in [9.17, 15) is 9.90 Å². The molecule has 0 bridgehead atoms. The first-order valence-electron chi connectivity index (χ1n) is 3.52. The molecule has 0 heterocycles. The van der Waals surface area contributed by atoms with Crippen LogP contribution in [0.2, 0.25) is 0 Å². The number of carboxylic acid groups (broad SMARTS) is 1. The van der Waals surface area contributed by atoms with Crippen LogP contribution in [0.3, 0.4) is 0 Å². The SMILES string of the molecule is Cc1cccc(CBr)c1C(=O)[O-]. The molecule has 0 aromatic heterocycles. The molecule has 0 saturated heterocycles. The van der Waals surface area contributed by atoms with Crippen LogP contribution in [-0.4, -0.2) is 5.97 Å². The van der Waals surface area contributed by atoms with Crippen LogP contribution in [0, 0.1) is 6.92 Å². The third kappa shape index (κ3) is 1.67. The highest BCUT2D eigenvalue weighted by atomic mass is 79.9. The lowest BCUT2D eigenvalue weighted by Gasteiger charge is -2.10. The highest BCUT2D eigenvalue weighted by Gasteiger charge is 2.04. The van der Waals surface area contributed by atoms with Gasteiger partial charge in [0.1, 0.15) is 0 Å². The summed E-state index contributed by atoms with van der Waals surface area (Å²) in [6.07, 6.45) is 0. The van der Waals surface area contributed by atoms with Gasteiger partial charge in [0.15, 0.2) is 0 Å². The van der Waals surface area contributed by atoms with Crippen LogP contribution < -0.4 is 5.11 Å². The van der Waals surface area contributed by atoms with E-state index in [1.807, 2.05) is 6.07 Å². The molecule has 0 fully saturated rings. The highest BCUT2D eigenvalue weighted by molar-refractivity contribution is 9.08. The van der Waals surface area contributed by atoms with Crippen LogP contribution >= 0.6 is 15.9 Å². The number of hydrogen-bond donors (Lipinski definition) is 0. The molecule has 1 rings (SSSR count). The van der Waals surface area contributed by atoms with Crippen molar-refractivity contribution in [3.63, 3.8) is 0 Å². The number of alkyl halides is 1. The summed E-state index contributed by atoms with van der Waals surface area (Å²) in [5.41, 5.74) is 1.80. The maximum Gasteiger partial charge on any atom is 0.0721 e. The molecule has 0 saturated carbocycles. The van der Waals surface area contributed by atoms with Crippen LogP contribution in [-0.2, 0) is 5.33 Å². The van der Waals surface area contributed by atoms with Gasteiger partial charge in [-0.1, -0.05) is 34.1 Å². The second kappa shape index (κ2) is 3.72. The van der Waals surface area contributed by atoms with E-state index in [2.05, 4.69) is 15.9 Å². The second-order valence-corrected chi connectivity index (χ2v) is 3.09. The van der Waals surface area contributed by atoms with Gasteiger partial charge in [0.2, 0.25) is 0 Å². The van der Waals surface area contributed by atoms with E-state index >= 15 is 0 Å². The first-order chi connectivity index (χ1) is 5.66. The zero-order valence-electron chi connectivity index (χ0n) is 6.63. The number of carbonyl (C=O) groups excluding carboxylic acids is 1. The number of rotatable bonds is 2. The molecule has 0 amide bonds. The van der Waals surface area contributed by atoms with Gasteiger partial charge >= 0.3 is 0 Å². The second-order valence-electron chi connectivity index (χ2n) is 2.53. The average molecular weight is 228 g/mol. The van der Waals surface area contributed by atoms with Crippen LogP contribution in [0.15, 0.2) is 18.2 Å². The summed E-state index contributed by atoms with van der Waals surface area (Å²) in [7, 11) is 0. The summed E-state index contributed by atoms with van der Waals surface area (Å²) >= 11 is 3.22. The lowest BCUT2D eigenvalue weighted by atomic mass is 10.0. The van der Waals surface area contributed by atoms with Gasteiger partial charge in [-0.15, -0.1) is 0 Å². The molecule has 0 radical (unpaired) electrons. The van der Waals surface area contributed by atoms with Crippen molar-refractivity contribution in [3.05, 3.63) is 34.9 Å². The van der Waals surface area contributed by atoms with Gasteiger partial charge in [-0.3, -0.25) is 0 Å². The molecule has 0 aliphatic rings. The lowest BCUT2D eigenvalue weighted by Crippen LogP contribution is -2.24. The summed E-state index contributed by atoms with van der Waals surface area (Å²) in [5.74, 6) is -1.11. The molecule has 0 unspecified atom stereocenters. The minimum atomic E-state index is -1.11. The predicted molar refractivity (Wildman–Crippen MR) is 48.1 cm³/mol. The third-order valence-electron chi connectivity index (χ3n) is 1.71. The smallest absolute Gasteiger partial charge is 0.0721 e. The Bertz CT molecular complexity index is 307. The van der Waals surface area contributed by atoms with Gasteiger partial charge in [-0.2, -0.15) is 0 Å². The zero-order chi connectivity index (χ0) is 9.14. The summed E-state index contributed by atoms with van der Waals surface area (Å²) in [5, 5.41) is 11.2. The van der Waals surface area contributed by atoms with E-state index in [1.165, 1.54) is 0 Å². The Morgan fingerprint density at radius 3 is 2.67 bits per heavy atom. The minimum Gasteiger partial charge on any atom is -0.545 e. The molecule has 1 aromatic rings. The number of aromatic carboxylic acids is 1.